The maximum Gasteiger partial charge on any atom is 0.471 e. The molecule has 0 N–H and O–H groups in total. The Morgan fingerprint density at radius 1 is 0.500 bits per heavy atom. The Morgan fingerprint density at radius 3 is 1.10 bits per heavy atom. The van der Waals surface area contributed by atoms with Crippen LogP contribution in [0, 0.1) is 23.7 Å². The van der Waals surface area contributed by atoms with Crippen LogP contribution >= 0.6 is 0 Å². The first-order valence-corrected chi connectivity index (χ1v) is 16.8. The lowest BCUT2D eigenvalue weighted by Crippen LogP contribution is -2.68. The third-order valence-electron chi connectivity index (χ3n) is 12.7. The van der Waals surface area contributed by atoms with Crippen molar-refractivity contribution in [2.45, 2.75) is 83.9 Å². The number of hydrogen-bond acceptors (Lipinski definition) is 6. The van der Waals surface area contributed by atoms with Gasteiger partial charge in [-0.05, 0) is 0 Å². The zero-order valence-electron chi connectivity index (χ0n) is 27.9. The minimum atomic E-state index is -5.53. The van der Waals surface area contributed by atoms with Crippen LogP contribution in [0.4, 0.5) is 79.0 Å². The van der Waals surface area contributed by atoms with Gasteiger partial charge in [0.05, 0.1) is 72.9 Å². The third kappa shape index (κ3) is 4.90. The summed E-state index contributed by atoms with van der Waals surface area (Å²) in [5.41, 5.74) is -17.1. The molecule has 0 unspecified atom stereocenters. The molecule has 8 bridgehead atoms. The summed E-state index contributed by atoms with van der Waals surface area (Å²) in [5.74, 6) is -9.75. The van der Waals surface area contributed by atoms with Crippen molar-refractivity contribution in [1.82, 2.24) is 9.80 Å². The molecule has 10 rings (SSSR count). The van der Waals surface area contributed by atoms with E-state index in [0.717, 1.165) is 0 Å². The molecular formula is C32H20F18N2O6. The molecule has 8 nitrogen and oxygen atoms in total. The third-order valence-corrected chi connectivity index (χ3v) is 12.7. The standard InChI is InChI=1S/2C16H10F9NO3/c2*17-14(18,19)7-8-6-5-1-2-12(28-5)3-26(11(27)16(23,24)25)4-13(29-8,9(6)12)10(7)15(20,21)22/h2*1-2,5-6,8-9H,3-4H2/t2*5-,6+,8-,9-,12-,13+/m10/s1. The molecule has 6 fully saturated rings. The summed E-state index contributed by atoms with van der Waals surface area (Å²) in [4.78, 5) is 23.7. The van der Waals surface area contributed by atoms with E-state index < -0.39 is 168 Å². The molecule has 58 heavy (non-hydrogen) atoms. The van der Waals surface area contributed by atoms with Gasteiger partial charge in [-0.1, -0.05) is 24.3 Å². The Labute approximate surface area is 310 Å². The van der Waals surface area contributed by atoms with Crippen LogP contribution in [0.2, 0.25) is 0 Å². The highest BCUT2D eigenvalue weighted by atomic mass is 19.4. The number of carbonyl (C=O) groups excluding carboxylic acids is 2. The molecule has 26 heteroatoms. The molecule has 10 aliphatic rings. The van der Waals surface area contributed by atoms with Gasteiger partial charge < -0.3 is 28.7 Å². The summed E-state index contributed by atoms with van der Waals surface area (Å²) in [6.07, 6.45) is -33.8. The Kier molecular flexibility index (Phi) is 7.47. The van der Waals surface area contributed by atoms with Crippen LogP contribution in [0.5, 0.6) is 0 Å². The molecule has 12 atom stereocenters. The van der Waals surface area contributed by atoms with Gasteiger partial charge in [0.15, 0.2) is 0 Å². The monoisotopic (exact) mass is 870 g/mol. The van der Waals surface area contributed by atoms with E-state index in [4.69, 9.17) is 18.9 Å². The lowest BCUT2D eigenvalue weighted by atomic mass is 9.58. The first kappa shape index (κ1) is 39.9. The molecule has 4 spiro atoms. The number of nitrogens with zero attached hydrogens (tertiary/aromatic N) is 2. The van der Waals surface area contributed by atoms with Crippen LogP contribution in [0.3, 0.4) is 0 Å². The van der Waals surface area contributed by atoms with Crippen molar-refractivity contribution in [3.8, 4) is 0 Å². The Balaban J connectivity index is 0.000000150. The van der Waals surface area contributed by atoms with Crippen molar-refractivity contribution in [1.29, 1.82) is 0 Å². The molecule has 0 saturated carbocycles. The smallest absolute Gasteiger partial charge is 0.361 e. The quantitative estimate of drug-likeness (QED) is 0.226. The minimum Gasteiger partial charge on any atom is -0.361 e. The second-order valence-electron chi connectivity index (χ2n) is 15.6. The summed E-state index contributed by atoms with van der Waals surface area (Å²) in [5, 5.41) is 0. The Morgan fingerprint density at radius 2 is 0.828 bits per heavy atom. The van der Waals surface area contributed by atoms with Gasteiger partial charge >= 0.3 is 48.9 Å². The van der Waals surface area contributed by atoms with Gasteiger partial charge in [-0.25, -0.2) is 0 Å². The number of rotatable bonds is 0. The lowest BCUT2D eigenvalue weighted by molar-refractivity contribution is -0.204. The molecule has 10 aliphatic heterocycles. The summed E-state index contributed by atoms with van der Waals surface area (Å²) in [7, 11) is 0. The van der Waals surface area contributed by atoms with Crippen molar-refractivity contribution in [2.24, 2.45) is 23.7 Å². The van der Waals surface area contributed by atoms with E-state index in [1.165, 1.54) is 24.3 Å². The number of likely N-dealkylation sites (tertiary alicyclic amines) is 2. The first-order chi connectivity index (χ1) is 26.2. The number of carbonyl (C=O) groups is 2. The highest BCUT2D eigenvalue weighted by molar-refractivity contribution is 5.83. The maximum absolute atomic E-state index is 13.8. The SMILES string of the molecule is O=C(N1C[C@@]23C=C[C@@H](O2)[C@@H]2[C@H]3[C@]3(C1)O[C@H]2C(C(F)(F)F)=C3C(F)(F)F)C(F)(F)F.O=C(N1C[C@]23O[C@H](C(C(F)(F)F)=C2C(F)(F)F)[C@H]2[C@@H]4C=C[C@@](C1)(O4)[C@H]23)C(F)(F)F. The fourth-order valence-corrected chi connectivity index (χ4v) is 11.6. The van der Waals surface area contributed by atoms with Crippen LogP contribution < -0.4 is 0 Å². The molecule has 320 valence electrons. The zero-order valence-corrected chi connectivity index (χ0v) is 27.9. The fraction of sp³-hybridized carbons (Fsp3) is 0.688. The average molecular weight is 870 g/mol. The van der Waals surface area contributed by atoms with E-state index in [1.807, 2.05) is 0 Å². The van der Waals surface area contributed by atoms with Crippen molar-refractivity contribution in [3.63, 3.8) is 0 Å². The summed E-state index contributed by atoms with van der Waals surface area (Å²) < 4.78 is 264. The number of amides is 2. The van der Waals surface area contributed by atoms with Crippen LogP contribution in [-0.2, 0) is 28.5 Å². The average Bonchev–Trinajstić information content (AvgIpc) is 3.90. The molecule has 2 amide bonds. The predicted molar refractivity (Wildman–Crippen MR) is 146 cm³/mol. The zero-order chi connectivity index (χ0) is 42.7. The van der Waals surface area contributed by atoms with Crippen LogP contribution in [0.25, 0.3) is 0 Å². The molecule has 0 aliphatic carbocycles. The fourth-order valence-electron chi connectivity index (χ4n) is 11.6. The van der Waals surface area contributed by atoms with Gasteiger partial charge in [-0.3, -0.25) is 9.59 Å². The molecule has 0 aromatic carbocycles. The van der Waals surface area contributed by atoms with Crippen molar-refractivity contribution < 1.29 is 108 Å². The van der Waals surface area contributed by atoms with Crippen LogP contribution in [0.15, 0.2) is 46.6 Å². The normalized spacial score (nSPS) is 42.9. The predicted octanol–water partition coefficient (Wildman–Crippen LogP) is 5.81. The van der Waals surface area contributed by atoms with Gasteiger partial charge in [0, 0.05) is 23.7 Å². The van der Waals surface area contributed by atoms with Gasteiger partial charge in [0.25, 0.3) is 0 Å². The van der Waals surface area contributed by atoms with Gasteiger partial charge in [0.1, 0.15) is 22.4 Å². The Hall–Kier alpha value is -3.52. The van der Waals surface area contributed by atoms with E-state index in [1.54, 1.807) is 0 Å². The molecule has 0 radical (unpaired) electrons. The molecule has 6 saturated heterocycles. The number of alkyl halides is 18. The molecule has 0 aromatic heterocycles. The summed E-state index contributed by atoms with van der Waals surface area (Å²) in [6, 6.07) is 0. The lowest BCUT2D eigenvalue weighted by Gasteiger charge is -2.51. The second kappa shape index (κ2) is 10.9. The van der Waals surface area contributed by atoms with Crippen LogP contribution in [-0.4, -0.2) is 132 Å². The number of fused-ring (bicyclic) bond motifs is 8. The summed E-state index contributed by atoms with van der Waals surface area (Å²) in [6.45, 7) is -4.01. The summed E-state index contributed by atoms with van der Waals surface area (Å²) >= 11 is 0. The van der Waals surface area contributed by atoms with E-state index >= 15 is 0 Å². The minimum absolute atomic E-state index is 0.0546. The van der Waals surface area contributed by atoms with E-state index in [-0.39, 0.29) is 9.80 Å². The van der Waals surface area contributed by atoms with E-state index in [0.29, 0.717) is 0 Å². The molecule has 10 heterocycles. The van der Waals surface area contributed by atoms with Crippen molar-refractivity contribution >= 4 is 11.8 Å². The highest BCUT2D eigenvalue weighted by Gasteiger charge is 2.84. The number of ether oxygens (including phenoxy) is 4. The van der Waals surface area contributed by atoms with Crippen LogP contribution in [0.1, 0.15) is 0 Å². The van der Waals surface area contributed by atoms with E-state index in [2.05, 4.69) is 0 Å². The van der Waals surface area contributed by atoms with E-state index in [9.17, 15) is 88.6 Å². The Bertz CT molecular complexity index is 1890. The molecular weight excluding hydrogens is 850 g/mol. The van der Waals surface area contributed by atoms with Gasteiger partial charge in [-0.2, -0.15) is 79.0 Å². The number of hydrogen-bond donors (Lipinski definition) is 0. The second-order valence-corrected chi connectivity index (χ2v) is 15.6. The number of halogens is 18. The largest absolute Gasteiger partial charge is 0.471 e. The number of piperidine rings is 2. The van der Waals surface area contributed by atoms with Crippen molar-refractivity contribution in [3.05, 3.63) is 46.6 Å². The van der Waals surface area contributed by atoms with Crippen molar-refractivity contribution in [2.75, 3.05) is 26.2 Å². The first-order valence-electron chi connectivity index (χ1n) is 16.8. The maximum atomic E-state index is 13.8. The van der Waals surface area contributed by atoms with Gasteiger partial charge in [-0.15, -0.1) is 0 Å². The topological polar surface area (TPSA) is 77.5 Å². The molecule has 0 aromatic rings. The highest BCUT2D eigenvalue weighted by Crippen LogP contribution is 2.72. The van der Waals surface area contributed by atoms with Gasteiger partial charge in [0.2, 0.25) is 0 Å².